The van der Waals surface area contributed by atoms with Crippen LogP contribution in [0.25, 0.3) is 0 Å². The molecule has 2 atom stereocenters. The van der Waals surface area contributed by atoms with E-state index in [0.29, 0.717) is 0 Å². The van der Waals surface area contributed by atoms with Crippen LogP contribution in [0.15, 0.2) is 28.7 Å². The van der Waals surface area contributed by atoms with Crippen LogP contribution in [0, 0.1) is 0 Å². The predicted octanol–water partition coefficient (Wildman–Crippen LogP) is 0.942. The van der Waals surface area contributed by atoms with Gasteiger partial charge in [-0.15, -0.1) is 0 Å². The molecule has 0 fully saturated rings. The fourth-order valence-electron chi connectivity index (χ4n) is 1.45. The number of rotatable bonds is 5. The summed E-state index contributed by atoms with van der Waals surface area (Å²) in [5, 5.41) is 20.3. The number of carboxylic acids is 1. The molecule has 0 bridgehead atoms. The summed E-state index contributed by atoms with van der Waals surface area (Å²) in [6, 6.07) is 5.87. The number of carbonyl (C=O) groups excluding carboxylic acids is 1. The van der Waals surface area contributed by atoms with Gasteiger partial charge in [0.15, 0.2) is 6.04 Å². The van der Waals surface area contributed by atoms with Crippen molar-refractivity contribution < 1.29 is 19.8 Å². The Labute approximate surface area is 113 Å². The van der Waals surface area contributed by atoms with Gasteiger partial charge in [0.1, 0.15) is 0 Å². The molecule has 0 saturated carbocycles. The number of carbonyl (C=O) groups is 2. The van der Waals surface area contributed by atoms with Crippen molar-refractivity contribution in [2.45, 2.75) is 25.5 Å². The lowest BCUT2D eigenvalue weighted by Gasteiger charge is -2.17. The summed E-state index contributed by atoms with van der Waals surface area (Å²) in [6.07, 6.45) is -1.08. The van der Waals surface area contributed by atoms with Gasteiger partial charge in [-0.05, 0) is 24.6 Å². The molecule has 6 heteroatoms. The van der Waals surface area contributed by atoms with E-state index < -0.39 is 24.0 Å². The molecule has 0 heterocycles. The van der Waals surface area contributed by atoms with E-state index in [9.17, 15) is 14.7 Å². The van der Waals surface area contributed by atoms with Crippen LogP contribution in [0.3, 0.4) is 0 Å². The van der Waals surface area contributed by atoms with Crippen molar-refractivity contribution in [1.82, 2.24) is 5.32 Å². The summed E-state index contributed by atoms with van der Waals surface area (Å²) < 4.78 is 0.845. The van der Waals surface area contributed by atoms with Crippen molar-refractivity contribution in [3.05, 3.63) is 34.3 Å². The van der Waals surface area contributed by atoms with Gasteiger partial charge in [0, 0.05) is 4.47 Å². The van der Waals surface area contributed by atoms with E-state index in [4.69, 9.17) is 5.11 Å². The number of amides is 1. The van der Waals surface area contributed by atoms with Crippen molar-refractivity contribution in [2.24, 2.45) is 0 Å². The summed E-state index contributed by atoms with van der Waals surface area (Å²) in [5.41, 5.74) is 0.761. The number of hydrogen-bond donors (Lipinski definition) is 3. The molecule has 1 aromatic carbocycles. The Hall–Kier alpha value is -1.40. The number of carboxylic acid groups (broad SMARTS) is 1. The van der Waals surface area contributed by atoms with Crippen molar-refractivity contribution in [3.63, 3.8) is 0 Å². The van der Waals surface area contributed by atoms with E-state index in [1.807, 2.05) is 6.07 Å². The Kier molecular flexibility index (Phi) is 5.30. The number of aliphatic hydroxyl groups excluding tert-OH is 1. The second-order valence-electron chi connectivity index (χ2n) is 3.93. The van der Waals surface area contributed by atoms with Crippen molar-refractivity contribution >= 4 is 27.8 Å². The molecule has 5 nitrogen and oxygen atoms in total. The number of aliphatic carboxylic acids is 1. The highest BCUT2D eigenvalue weighted by atomic mass is 79.9. The van der Waals surface area contributed by atoms with Gasteiger partial charge in [-0.1, -0.05) is 28.1 Å². The number of aliphatic hydroxyl groups is 1. The Balaban J connectivity index is 2.63. The van der Waals surface area contributed by atoms with Gasteiger partial charge in [0.05, 0.1) is 12.5 Å². The van der Waals surface area contributed by atoms with Crippen LogP contribution >= 0.6 is 15.9 Å². The highest BCUT2D eigenvalue weighted by Gasteiger charge is 2.24. The molecular formula is C12H14BrNO4. The second kappa shape index (κ2) is 6.51. The lowest BCUT2D eigenvalue weighted by molar-refractivity contribution is -0.144. The summed E-state index contributed by atoms with van der Waals surface area (Å²) in [4.78, 5) is 22.4. The van der Waals surface area contributed by atoms with Gasteiger partial charge >= 0.3 is 5.97 Å². The van der Waals surface area contributed by atoms with E-state index in [1.165, 1.54) is 6.92 Å². The molecule has 1 amide bonds. The largest absolute Gasteiger partial charge is 0.480 e. The van der Waals surface area contributed by atoms with Crippen LogP contribution < -0.4 is 5.32 Å². The Morgan fingerprint density at radius 1 is 1.44 bits per heavy atom. The number of hydrogen-bond acceptors (Lipinski definition) is 3. The molecule has 0 saturated heterocycles. The van der Waals surface area contributed by atoms with Crippen LogP contribution in [0.1, 0.15) is 12.5 Å². The van der Waals surface area contributed by atoms with Gasteiger partial charge in [-0.2, -0.15) is 0 Å². The van der Waals surface area contributed by atoms with Crippen molar-refractivity contribution in [2.75, 3.05) is 0 Å². The lowest BCUT2D eigenvalue weighted by atomic mass is 10.1. The fourth-order valence-corrected chi connectivity index (χ4v) is 1.89. The third kappa shape index (κ3) is 4.46. The zero-order valence-corrected chi connectivity index (χ0v) is 11.3. The van der Waals surface area contributed by atoms with Crippen LogP contribution in [-0.4, -0.2) is 34.2 Å². The molecule has 1 aromatic rings. The van der Waals surface area contributed by atoms with Gasteiger partial charge in [0.25, 0.3) is 0 Å². The first kappa shape index (κ1) is 14.7. The molecule has 0 spiro atoms. The zero-order valence-electron chi connectivity index (χ0n) is 9.76. The third-order valence-electron chi connectivity index (χ3n) is 2.32. The maximum atomic E-state index is 11.6. The van der Waals surface area contributed by atoms with E-state index >= 15 is 0 Å². The van der Waals surface area contributed by atoms with Gasteiger partial charge in [-0.25, -0.2) is 4.79 Å². The first-order valence-electron chi connectivity index (χ1n) is 5.35. The molecule has 0 aliphatic heterocycles. The van der Waals surface area contributed by atoms with Gasteiger partial charge in [0.2, 0.25) is 5.91 Å². The van der Waals surface area contributed by atoms with Crippen molar-refractivity contribution in [3.8, 4) is 0 Å². The zero-order chi connectivity index (χ0) is 13.7. The van der Waals surface area contributed by atoms with Crippen LogP contribution in [-0.2, 0) is 16.0 Å². The molecule has 3 N–H and O–H groups in total. The first-order valence-corrected chi connectivity index (χ1v) is 6.14. The average Bonchev–Trinajstić information content (AvgIpc) is 2.25. The summed E-state index contributed by atoms with van der Waals surface area (Å²) in [7, 11) is 0. The van der Waals surface area contributed by atoms with Crippen molar-refractivity contribution in [1.29, 1.82) is 0 Å². The van der Waals surface area contributed by atoms with Gasteiger partial charge < -0.3 is 15.5 Å². The van der Waals surface area contributed by atoms with E-state index in [1.54, 1.807) is 18.2 Å². The molecule has 0 aliphatic carbocycles. The smallest absolute Gasteiger partial charge is 0.328 e. The number of halogens is 1. The standard InChI is InChI=1S/C12H14BrNO4/c1-7(15)11(12(17)18)14-10(16)6-8-3-2-4-9(13)5-8/h2-5,7,11,15H,6H2,1H3,(H,14,16)(H,17,18). The molecular weight excluding hydrogens is 302 g/mol. The third-order valence-corrected chi connectivity index (χ3v) is 2.81. The average molecular weight is 316 g/mol. The highest BCUT2D eigenvalue weighted by Crippen LogP contribution is 2.12. The van der Waals surface area contributed by atoms with Gasteiger partial charge in [-0.3, -0.25) is 4.79 Å². The Morgan fingerprint density at radius 2 is 2.11 bits per heavy atom. The van der Waals surface area contributed by atoms with E-state index in [2.05, 4.69) is 21.2 Å². The number of benzene rings is 1. The normalized spacial score (nSPS) is 13.7. The summed E-state index contributed by atoms with van der Waals surface area (Å²) in [6.45, 7) is 1.32. The summed E-state index contributed by atoms with van der Waals surface area (Å²) >= 11 is 3.28. The molecule has 0 aliphatic rings. The molecule has 2 unspecified atom stereocenters. The quantitative estimate of drug-likeness (QED) is 0.755. The summed E-state index contributed by atoms with van der Waals surface area (Å²) in [5.74, 6) is -1.70. The highest BCUT2D eigenvalue weighted by molar-refractivity contribution is 9.10. The molecule has 98 valence electrons. The van der Waals surface area contributed by atoms with Crippen LogP contribution in [0.5, 0.6) is 0 Å². The maximum Gasteiger partial charge on any atom is 0.328 e. The van der Waals surface area contributed by atoms with E-state index in [0.717, 1.165) is 10.0 Å². The Bertz CT molecular complexity index is 447. The number of nitrogens with one attached hydrogen (secondary N) is 1. The Morgan fingerprint density at radius 3 is 2.61 bits per heavy atom. The minimum absolute atomic E-state index is 0.0654. The predicted molar refractivity (Wildman–Crippen MR) is 69.1 cm³/mol. The minimum atomic E-state index is -1.29. The topological polar surface area (TPSA) is 86.6 Å². The second-order valence-corrected chi connectivity index (χ2v) is 4.85. The SMILES string of the molecule is CC(O)C(NC(=O)Cc1cccc(Br)c1)C(=O)O. The minimum Gasteiger partial charge on any atom is -0.480 e. The monoisotopic (exact) mass is 315 g/mol. The maximum absolute atomic E-state index is 11.6. The lowest BCUT2D eigenvalue weighted by Crippen LogP contribution is -2.48. The van der Waals surface area contributed by atoms with E-state index in [-0.39, 0.29) is 6.42 Å². The van der Waals surface area contributed by atoms with Crippen LogP contribution in [0.4, 0.5) is 0 Å². The molecule has 18 heavy (non-hydrogen) atoms. The molecule has 0 aromatic heterocycles. The first-order chi connectivity index (χ1) is 8.40. The fraction of sp³-hybridized carbons (Fsp3) is 0.333. The van der Waals surface area contributed by atoms with Crippen LogP contribution in [0.2, 0.25) is 0 Å². The molecule has 0 radical (unpaired) electrons. The molecule has 1 rings (SSSR count).